The van der Waals surface area contributed by atoms with E-state index in [1.165, 1.54) is 24.3 Å². The molecule has 1 aromatic rings. The number of rotatable bonds is 6. The summed E-state index contributed by atoms with van der Waals surface area (Å²) in [5.41, 5.74) is 5.93. The number of amides is 1. The molecule has 7 heteroatoms. The average molecular weight is 290 g/mol. The zero-order chi connectivity index (χ0) is 15.3. The minimum atomic E-state index is -4.70. The number of primary amides is 1. The van der Waals surface area contributed by atoms with E-state index in [4.69, 9.17) is 5.73 Å². The predicted octanol–water partition coefficient (Wildman–Crippen LogP) is 2.28. The van der Waals surface area contributed by atoms with Gasteiger partial charge in [0.2, 0.25) is 5.91 Å². The van der Waals surface area contributed by atoms with E-state index in [9.17, 15) is 18.0 Å². The van der Waals surface area contributed by atoms with Crippen LogP contribution < -0.4 is 10.5 Å². The summed E-state index contributed by atoms with van der Waals surface area (Å²) in [7, 11) is 0. The molecule has 4 nitrogen and oxygen atoms in total. The van der Waals surface area contributed by atoms with Crippen LogP contribution in [0.25, 0.3) is 0 Å². The lowest BCUT2D eigenvalue weighted by atomic mass is 10.2. The molecule has 0 aliphatic heterocycles. The van der Waals surface area contributed by atoms with Crippen LogP contribution in [0.1, 0.15) is 19.4 Å². The van der Waals surface area contributed by atoms with Crippen LogP contribution in [0, 0.1) is 0 Å². The number of carbonyl (C=O) groups is 1. The monoisotopic (exact) mass is 290 g/mol. The van der Waals surface area contributed by atoms with E-state index in [1.807, 2.05) is 18.7 Å². The molecule has 0 unspecified atom stereocenters. The maximum absolute atomic E-state index is 12.0. The summed E-state index contributed by atoms with van der Waals surface area (Å²) in [5.74, 6) is -0.719. The number of hydrogen-bond acceptors (Lipinski definition) is 3. The molecule has 0 bridgehead atoms. The maximum atomic E-state index is 12.0. The zero-order valence-corrected chi connectivity index (χ0v) is 11.3. The van der Waals surface area contributed by atoms with E-state index in [1.54, 1.807) is 0 Å². The second kappa shape index (κ2) is 6.60. The van der Waals surface area contributed by atoms with Gasteiger partial charge in [-0.15, -0.1) is 13.2 Å². The Balaban J connectivity index is 2.70. The van der Waals surface area contributed by atoms with Crippen LogP contribution in [0.3, 0.4) is 0 Å². The van der Waals surface area contributed by atoms with Crippen LogP contribution in [0.5, 0.6) is 5.75 Å². The van der Waals surface area contributed by atoms with Crippen molar-refractivity contribution in [3.05, 3.63) is 29.8 Å². The summed E-state index contributed by atoms with van der Waals surface area (Å²) in [6.07, 6.45) is -4.70. The minimum Gasteiger partial charge on any atom is -0.406 e. The summed E-state index contributed by atoms with van der Waals surface area (Å²) in [6, 6.07) is 5.63. The zero-order valence-electron chi connectivity index (χ0n) is 11.3. The molecule has 112 valence electrons. The maximum Gasteiger partial charge on any atom is 0.573 e. The molecule has 2 N–H and O–H groups in total. The van der Waals surface area contributed by atoms with Gasteiger partial charge >= 0.3 is 6.36 Å². The van der Waals surface area contributed by atoms with Gasteiger partial charge in [0.1, 0.15) is 5.75 Å². The second-order valence-corrected chi connectivity index (χ2v) is 4.66. The molecule has 0 spiro atoms. The Morgan fingerprint density at radius 1 is 1.30 bits per heavy atom. The van der Waals surface area contributed by atoms with Crippen LogP contribution in [0.15, 0.2) is 24.3 Å². The molecule has 0 fully saturated rings. The molecular formula is C13H17F3N2O2. The molecule has 1 aromatic carbocycles. The van der Waals surface area contributed by atoms with E-state index in [0.717, 1.165) is 5.56 Å². The van der Waals surface area contributed by atoms with Crippen molar-refractivity contribution in [2.24, 2.45) is 5.73 Å². The fourth-order valence-electron chi connectivity index (χ4n) is 1.65. The largest absolute Gasteiger partial charge is 0.573 e. The molecule has 20 heavy (non-hydrogen) atoms. The summed E-state index contributed by atoms with van der Waals surface area (Å²) in [5, 5.41) is 0. The van der Waals surface area contributed by atoms with Gasteiger partial charge in [0.15, 0.2) is 0 Å². The van der Waals surface area contributed by atoms with E-state index in [2.05, 4.69) is 4.74 Å². The predicted molar refractivity (Wildman–Crippen MR) is 67.9 cm³/mol. The van der Waals surface area contributed by atoms with Gasteiger partial charge in [-0.2, -0.15) is 0 Å². The lowest BCUT2D eigenvalue weighted by Gasteiger charge is -2.25. The summed E-state index contributed by atoms with van der Waals surface area (Å²) in [6.45, 7) is 4.33. The normalized spacial score (nSPS) is 11.9. The molecule has 0 atom stereocenters. The topological polar surface area (TPSA) is 55.6 Å². The number of ether oxygens (including phenoxy) is 1. The molecule has 0 heterocycles. The van der Waals surface area contributed by atoms with Gasteiger partial charge in [0.25, 0.3) is 0 Å². The third kappa shape index (κ3) is 5.92. The first-order valence-electron chi connectivity index (χ1n) is 6.04. The van der Waals surface area contributed by atoms with Crippen molar-refractivity contribution in [1.29, 1.82) is 0 Å². The Kier molecular flexibility index (Phi) is 5.38. The number of nitrogens with zero attached hydrogens (tertiary/aromatic N) is 1. The van der Waals surface area contributed by atoms with Gasteiger partial charge < -0.3 is 10.5 Å². The highest BCUT2D eigenvalue weighted by Gasteiger charge is 2.30. The third-order valence-electron chi connectivity index (χ3n) is 2.63. The van der Waals surface area contributed by atoms with Crippen molar-refractivity contribution >= 4 is 5.91 Å². The molecule has 0 aliphatic rings. The number of nitrogens with two attached hydrogens (primary N) is 1. The first-order valence-corrected chi connectivity index (χ1v) is 6.04. The highest BCUT2D eigenvalue weighted by atomic mass is 19.4. The molecule has 0 aliphatic carbocycles. The number of halogens is 3. The number of alkyl halides is 3. The number of benzene rings is 1. The first-order chi connectivity index (χ1) is 9.17. The van der Waals surface area contributed by atoms with Crippen LogP contribution in [0.2, 0.25) is 0 Å². The average Bonchev–Trinajstić information content (AvgIpc) is 2.28. The standard InChI is InChI=1S/C13H17F3N2O2/c1-9(2)18(8-12(17)19)7-10-3-5-11(6-4-10)20-13(14,15)16/h3-6,9H,7-8H2,1-2H3,(H2,17,19). The first kappa shape index (κ1) is 16.3. The van der Waals surface area contributed by atoms with Crippen LogP contribution in [-0.4, -0.2) is 29.8 Å². The molecule has 1 amide bonds. The van der Waals surface area contributed by atoms with Crippen LogP contribution in [-0.2, 0) is 11.3 Å². The molecule has 1 rings (SSSR count). The SMILES string of the molecule is CC(C)N(CC(N)=O)Cc1ccc(OC(F)(F)F)cc1. The van der Waals surface area contributed by atoms with Crippen molar-refractivity contribution in [1.82, 2.24) is 4.90 Å². The molecule has 0 saturated heterocycles. The van der Waals surface area contributed by atoms with Gasteiger partial charge in [0, 0.05) is 12.6 Å². The highest BCUT2D eigenvalue weighted by molar-refractivity contribution is 5.75. The Labute approximate surface area is 115 Å². The van der Waals surface area contributed by atoms with E-state index >= 15 is 0 Å². The van der Waals surface area contributed by atoms with Gasteiger partial charge in [-0.3, -0.25) is 9.69 Å². The van der Waals surface area contributed by atoms with E-state index < -0.39 is 12.3 Å². The quantitative estimate of drug-likeness (QED) is 0.874. The van der Waals surface area contributed by atoms with E-state index in [0.29, 0.717) is 6.54 Å². The highest BCUT2D eigenvalue weighted by Crippen LogP contribution is 2.23. The third-order valence-corrected chi connectivity index (χ3v) is 2.63. The fourth-order valence-corrected chi connectivity index (χ4v) is 1.65. The van der Waals surface area contributed by atoms with E-state index in [-0.39, 0.29) is 18.3 Å². The Morgan fingerprint density at radius 2 is 1.85 bits per heavy atom. The molecular weight excluding hydrogens is 273 g/mol. The van der Waals surface area contributed by atoms with Crippen LogP contribution in [0.4, 0.5) is 13.2 Å². The summed E-state index contributed by atoms with van der Waals surface area (Å²) >= 11 is 0. The summed E-state index contributed by atoms with van der Waals surface area (Å²) in [4.78, 5) is 12.8. The smallest absolute Gasteiger partial charge is 0.406 e. The lowest BCUT2D eigenvalue weighted by molar-refractivity contribution is -0.274. The number of carbonyl (C=O) groups excluding carboxylic acids is 1. The summed E-state index contributed by atoms with van der Waals surface area (Å²) < 4.78 is 39.8. The van der Waals surface area contributed by atoms with Crippen molar-refractivity contribution < 1.29 is 22.7 Å². The minimum absolute atomic E-state index is 0.0913. The second-order valence-electron chi connectivity index (χ2n) is 4.66. The van der Waals surface area contributed by atoms with Crippen molar-refractivity contribution in [2.45, 2.75) is 32.8 Å². The van der Waals surface area contributed by atoms with Gasteiger partial charge in [-0.05, 0) is 31.5 Å². The molecule has 0 saturated carbocycles. The van der Waals surface area contributed by atoms with Crippen molar-refractivity contribution in [2.75, 3.05) is 6.54 Å². The fraction of sp³-hybridized carbons (Fsp3) is 0.462. The van der Waals surface area contributed by atoms with Crippen molar-refractivity contribution in [3.63, 3.8) is 0 Å². The molecule has 0 aromatic heterocycles. The van der Waals surface area contributed by atoms with Gasteiger partial charge in [-0.25, -0.2) is 0 Å². The Morgan fingerprint density at radius 3 is 2.25 bits per heavy atom. The molecule has 0 radical (unpaired) electrons. The van der Waals surface area contributed by atoms with Crippen LogP contribution >= 0.6 is 0 Å². The Hall–Kier alpha value is -1.76. The lowest BCUT2D eigenvalue weighted by Crippen LogP contribution is -2.37. The van der Waals surface area contributed by atoms with Gasteiger partial charge in [-0.1, -0.05) is 12.1 Å². The number of hydrogen-bond donors (Lipinski definition) is 1. The Bertz CT molecular complexity index is 444. The van der Waals surface area contributed by atoms with Crippen molar-refractivity contribution in [3.8, 4) is 5.75 Å². The van der Waals surface area contributed by atoms with Gasteiger partial charge in [0.05, 0.1) is 6.54 Å².